The van der Waals surface area contributed by atoms with Gasteiger partial charge in [-0.25, -0.2) is 4.98 Å². The van der Waals surface area contributed by atoms with Gasteiger partial charge in [-0.15, -0.1) is 5.10 Å². The molecule has 2 N–H and O–H groups in total. The number of amides is 1. The monoisotopic (exact) mass is 258 g/mol. The van der Waals surface area contributed by atoms with Crippen molar-refractivity contribution in [3.8, 4) is 0 Å². The van der Waals surface area contributed by atoms with Crippen LogP contribution in [0.5, 0.6) is 0 Å². The molecule has 1 amide bonds. The number of carbonyl (C=O) groups is 1. The summed E-state index contributed by atoms with van der Waals surface area (Å²) in [6.07, 6.45) is 0. The first kappa shape index (κ1) is 13.3. The number of hydrogen-bond donors (Lipinski definition) is 2. The lowest BCUT2D eigenvalue weighted by molar-refractivity contribution is 0.0935. The summed E-state index contributed by atoms with van der Waals surface area (Å²) in [5, 5.41) is 9.36. The predicted octanol–water partition coefficient (Wildman–Crippen LogP) is 1.82. The molecule has 0 saturated carbocycles. The molecule has 0 aliphatic rings. The third-order valence-electron chi connectivity index (χ3n) is 3.05. The highest BCUT2D eigenvalue weighted by molar-refractivity contribution is 5.90. The average molecular weight is 258 g/mol. The summed E-state index contributed by atoms with van der Waals surface area (Å²) in [6.45, 7) is 6.47. The molecule has 1 heterocycles. The predicted molar refractivity (Wildman–Crippen MR) is 72.9 cm³/mol. The summed E-state index contributed by atoms with van der Waals surface area (Å²) < 4.78 is 0. The number of H-pyrrole nitrogens is 1. The van der Waals surface area contributed by atoms with Gasteiger partial charge in [-0.2, -0.15) is 0 Å². The van der Waals surface area contributed by atoms with Crippen molar-refractivity contribution in [3.05, 3.63) is 47.5 Å². The molecule has 0 unspecified atom stereocenters. The second kappa shape index (κ2) is 5.22. The van der Waals surface area contributed by atoms with Crippen LogP contribution in [-0.4, -0.2) is 27.6 Å². The van der Waals surface area contributed by atoms with Crippen molar-refractivity contribution in [2.75, 3.05) is 6.54 Å². The molecule has 0 aliphatic carbocycles. The number of aromatic amines is 1. The van der Waals surface area contributed by atoms with Gasteiger partial charge in [0.2, 0.25) is 5.82 Å². The highest BCUT2D eigenvalue weighted by atomic mass is 16.2. The molecule has 0 bridgehead atoms. The van der Waals surface area contributed by atoms with Gasteiger partial charge >= 0.3 is 0 Å². The Morgan fingerprint density at radius 3 is 2.58 bits per heavy atom. The molecule has 0 spiro atoms. The SMILES string of the molecule is Cc1nc(C(=O)NCC(C)(C)c2ccccc2)n[nH]1. The van der Waals surface area contributed by atoms with E-state index in [2.05, 4.69) is 46.5 Å². The van der Waals surface area contributed by atoms with Gasteiger partial charge in [0.15, 0.2) is 0 Å². The topological polar surface area (TPSA) is 70.7 Å². The van der Waals surface area contributed by atoms with Gasteiger partial charge in [0, 0.05) is 12.0 Å². The van der Waals surface area contributed by atoms with Gasteiger partial charge < -0.3 is 5.32 Å². The van der Waals surface area contributed by atoms with Crippen LogP contribution in [0.4, 0.5) is 0 Å². The van der Waals surface area contributed by atoms with Crippen molar-refractivity contribution in [2.24, 2.45) is 0 Å². The van der Waals surface area contributed by atoms with E-state index in [9.17, 15) is 4.79 Å². The van der Waals surface area contributed by atoms with Crippen LogP contribution in [-0.2, 0) is 5.41 Å². The fourth-order valence-electron chi connectivity index (χ4n) is 1.82. The van der Waals surface area contributed by atoms with Crippen LogP contribution in [0.1, 0.15) is 35.9 Å². The molecular formula is C14H18N4O. The van der Waals surface area contributed by atoms with Gasteiger partial charge in [-0.05, 0) is 12.5 Å². The molecule has 0 aliphatic heterocycles. The minimum absolute atomic E-state index is 0.137. The molecule has 5 nitrogen and oxygen atoms in total. The lowest BCUT2D eigenvalue weighted by Crippen LogP contribution is -2.37. The molecule has 1 aromatic carbocycles. The third kappa shape index (κ3) is 3.19. The molecule has 19 heavy (non-hydrogen) atoms. The van der Waals surface area contributed by atoms with E-state index in [1.165, 1.54) is 5.56 Å². The van der Waals surface area contributed by atoms with Crippen LogP contribution in [0.2, 0.25) is 0 Å². The maximum Gasteiger partial charge on any atom is 0.290 e. The Morgan fingerprint density at radius 1 is 1.32 bits per heavy atom. The van der Waals surface area contributed by atoms with Crippen molar-refractivity contribution < 1.29 is 4.79 Å². The summed E-state index contributed by atoms with van der Waals surface area (Å²) >= 11 is 0. The highest BCUT2D eigenvalue weighted by Crippen LogP contribution is 2.21. The fraction of sp³-hybridized carbons (Fsp3) is 0.357. The van der Waals surface area contributed by atoms with E-state index in [1.54, 1.807) is 6.92 Å². The molecule has 0 atom stereocenters. The van der Waals surface area contributed by atoms with Crippen LogP contribution in [0, 0.1) is 6.92 Å². The standard InChI is InChI=1S/C14H18N4O/c1-10-16-12(18-17-10)13(19)15-9-14(2,3)11-7-5-4-6-8-11/h4-8H,9H2,1-3H3,(H,15,19)(H,16,17,18). The van der Waals surface area contributed by atoms with Crippen molar-refractivity contribution in [3.63, 3.8) is 0 Å². The summed E-state index contributed by atoms with van der Waals surface area (Å²) in [6, 6.07) is 10.1. The maximum atomic E-state index is 11.9. The molecule has 2 aromatic rings. The van der Waals surface area contributed by atoms with E-state index in [1.807, 2.05) is 18.2 Å². The van der Waals surface area contributed by atoms with Crippen LogP contribution in [0.25, 0.3) is 0 Å². The number of nitrogens with one attached hydrogen (secondary N) is 2. The Kier molecular flexibility index (Phi) is 3.64. The fourth-order valence-corrected chi connectivity index (χ4v) is 1.82. The average Bonchev–Trinajstić information content (AvgIpc) is 2.84. The number of rotatable bonds is 4. The van der Waals surface area contributed by atoms with Crippen molar-refractivity contribution in [2.45, 2.75) is 26.2 Å². The van der Waals surface area contributed by atoms with Gasteiger partial charge in [0.25, 0.3) is 5.91 Å². The van der Waals surface area contributed by atoms with E-state index in [0.717, 1.165) is 0 Å². The van der Waals surface area contributed by atoms with Gasteiger partial charge in [-0.1, -0.05) is 44.2 Å². The zero-order chi connectivity index (χ0) is 13.9. The number of aromatic nitrogens is 3. The Balaban J connectivity index is 2.00. The number of benzene rings is 1. The summed E-state index contributed by atoms with van der Waals surface area (Å²) in [5.41, 5.74) is 1.05. The van der Waals surface area contributed by atoms with Gasteiger partial charge in [0.05, 0.1) is 0 Å². The lowest BCUT2D eigenvalue weighted by atomic mass is 9.84. The van der Waals surface area contributed by atoms with E-state index in [0.29, 0.717) is 12.4 Å². The molecule has 0 radical (unpaired) electrons. The van der Waals surface area contributed by atoms with Crippen LogP contribution in [0.15, 0.2) is 30.3 Å². The maximum absolute atomic E-state index is 11.9. The number of aryl methyl sites for hydroxylation is 1. The lowest BCUT2D eigenvalue weighted by Gasteiger charge is -2.25. The van der Waals surface area contributed by atoms with E-state index < -0.39 is 0 Å². The zero-order valence-corrected chi connectivity index (χ0v) is 11.4. The second-order valence-corrected chi connectivity index (χ2v) is 5.18. The second-order valence-electron chi connectivity index (χ2n) is 5.18. The highest BCUT2D eigenvalue weighted by Gasteiger charge is 2.22. The summed E-state index contributed by atoms with van der Waals surface area (Å²) in [5.74, 6) is 0.558. The largest absolute Gasteiger partial charge is 0.348 e. The number of carbonyl (C=O) groups excluding carboxylic acids is 1. The third-order valence-corrected chi connectivity index (χ3v) is 3.05. The zero-order valence-electron chi connectivity index (χ0n) is 11.4. The molecular weight excluding hydrogens is 240 g/mol. The molecule has 0 fully saturated rings. The van der Waals surface area contributed by atoms with E-state index >= 15 is 0 Å². The first-order valence-corrected chi connectivity index (χ1v) is 6.22. The first-order valence-electron chi connectivity index (χ1n) is 6.22. The van der Waals surface area contributed by atoms with Crippen molar-refractivity contribution in [1.29, 1.82) is 0 Å². The Morgan fingerprint density at radius 2 is 2.00 bits per heavy atom. The first-order chi connectivity index (χ1) is 8.99. The Hall–Kier alpha value is -2.17. The molecule has 2 rings (SSSR count). The Labute approximate surface area is 112 Å². The summed E-state index contributed by atoms with van der Waals surface area (Å²) in [7, 11) is 0. The number of hydrogen-bond acceptors (Lipinski definition) is 3. The quantitative estimate of drug-likeness (QED) is 0.878. The van der Waals surface area contributed by atoms with Gasteiger partial charge in [0.1, 0.15) is 5.82 Å². The van der Waals surface area contributed by atoms with Crippen LogP contribution < -0.4 is 5.32 Å². The smallest absolute Gasteiger partial charge is 0.290 e. The minimum Gasteiger partial charge on any atom is -0.348 e. The van der Waals surface area contributed by atoms with Crippen LogP contribution >= 0.6 is 0 Å². The molecule has 5 heteroatoms. The van der Waals surface area contributed by atoms with Crippen LogP contribution in [0.3, 0.4) is 0 Å². The van der Waals surface area contributed by atoms with E-state index in [-0.39, 0.29) is 17.1 Å². The van der Waals surface area contributed by atoms with Gasteiger partial charge in [-0.3, -0.25) is 9.89 Å². The molecule has 0 saturated heterocycles. The normalized spacial score (nSPS) is 11.3. The molecule has 100 valence electrons. The minimum atomic E-state index is -0.256. The molecule has 1 aromatic heterocycles. The summed E-state index contributed by atoms with van der Waals surface area (Å²) in [4.78, 5) is 15.9. The van der Waals surface area contributed by atoms with E-state index in [4.69, 9.17) is 0 Å². The van der Waals surface area contributed by atoms with Crippen molar-refractivity contribution >= 4 is 5.91 Å². The van der Waals surface area contributed by atoms with Crippen molar-refractivity contribution in [1.82, 2.24) is 20.5 Å². The Bertz CT molecular complexity index is 560. The number of nitrogens with zero attached hydrogens (tertiary/aromatic N) is 2.